The third-order valence-corrected chi connectivity index (χ3v) is 3.21. The van der Waals surface area contributed by atoms with E-state index in [-0.39, 0.29) is 24.1 Å². The summed E-state index contributed by atoms with van der Waals surface area (Å²) in [5, 5.41) is 11.4. The summed E-state index contributed by atoms with van der Waals surface area (Å²) in [7, 11) is 0. The second kappa shape index (κ2) is 6.81. The van der Waals surface area contributed by atoms with Crippen molar-refractivity contribution in [2.45, 2.75) is 32.9 Å². The molecule has 1 amide bonds. The van der Waals surface area contributed by atoms with Crippen LogP contribution < -0.4 is 5.32 Å². The molecule has 0 aliphatic carbocycles. The monoisotopic (exact) mass is 317 g/mol. The summed E-state index contributed by atoms with van der Waals surface area (Å²) < 4.78 is 36.9. The number of benzene rings is 1. The van der Waals surface area contributed by atoms with Crippen molar-refractivity contribution in [1.29, 1.82) is 0 Å². The summed E-state index contributed by atoms with van der Waals surface area (Å²) in [6.45, 7) is 2.78. The number of rotatable bonds is 6. The van der Waals surface area contributed by atoms with Crippen molar-refractivity contribution in [3.05, 3.63) is 35.4 Å². The van der Waals surface area contributed by atoms with E-state index in [0.717, 1.165) is 0 Å². The van der Waals surface area contributed by atoms with E-state index >= 15 is 0 Å². The number of carboxylic acid groups (broad SMARTS) is 1. The van der Waals surface area contributed by atoms with Crippen molar-refractivity contribution in [1.82, 2.24) is 5.32 Å². The number of hydrogen-bond donors (Lipinski definition) is 2. The first-order valence-electron chi connectivity index (χ1n) is 6.69. The van der Waals surface area contributed by atoms with Gasteiger partial charge in [0.2, 0.25) is 0 Å². The van der Waals surface area contributed by atoms with Gasteiger partial charge >= 0.3 is 12.1 Å². The number of halogens is 3. The van der Waals surface area contributed by atoms with Gasteiger partial charge in [0.15, 0.2) is 0 Å². The van der Waals surface area contributed by atoms with Crippen LogP contribution in [0.3, 0.4) is 0 Å². The van der Waals surface area contributed by atoms with E-state index in [9.17, 15) is 22.8 Å². The molecule has 4 nitrogen and oxygen atoms in total. The van der Waals surface area contributed by atoms with Crippen molar-refractivity contribution >= 4 is 11.9 Å². The van der Waals surface area contributed by atoms with E-state index < -0.39 is 29.9 Å². The zero-order chi connectivity index (χ0) is 17.0. The Balaban J connectivity index is 2.79. The van der Waals surface area contributed by atoms with E-state index in [2.05, 4.69) is 5.32 Å². The van der Waals surface area contributed by atoms with Crippen molar-refractivity contribution < 1.29 is 27.9 Å². The molecule has 0 fully saturated rings. The Bertz CT molecular complexity index is 553. The maximum atomic E-state index is 12.3. The van der Waals surface area contributed by atoms with Gasteiger partial charge in [-0.3, -0.25) is 9.59 Å². The van der Waals surface area contributed by atoms with E-state index in [0.29, 0.717) is 0 Å². The number of nitrogens with one attached hydrogen (secondary N) is 1. The molecule has 1 aromatic carbocycles. The molecule has 0 saturated heterocycles. The third-order valence-electron chi connectivity index (χ3n) is 3.21. The lowest BCUT2D eigenvalue weighted by Crippen LogP contribution is -2.39. The Morgan fingerprint density at radius 1 is 1.18 bits per heavy atom. The van der Waals surface area contributed by atoms with Gasteiger partial charge in [-0.05, 0) is 31.9 Å². The number of carbonyl (C=O) groups excluding carboxylic acids is 1. The van der Waals surface area contributed by atoms with Crippen LogP contribution >= 0.6 is 0 Å². The van der Waals surface area contributed by atoms with E-state index in [4.69, 9.17) is 5.11 Å². The molecular weight excluding hydrogens is 299 g/mol. The zero-order valence-corrected chi connectivity index (χ0v) is 12.3. The van der Waals surface area contributed by atoms with Gasteiger partial charge in [-0.25, -0.2) is 0 Å². The Kier molecular flexibility index (Phi) is 5.57. The molecule has 0 spiro atoms. The highest BCUT2D eigenvalue weighted by atomic mass is 19.4. The fourth-order valence-electron chi connectivity index (χ4n) is 1.71. The summed E-state index contributed by atoms with van der Waals surface area (Å²) in [6, 6.07) is 6.00. The van der Waals surface area contributed by atoms with Crippen LogP contribution in [0, 0.1) is 5.41 Å². The first kappa shape index (κ1) is 18.0. The quantitative estimate of drug-likeness (QED) is 0.847. The Labute approximate surface area is 126 Å². The maximum Gasteiger partial charge on any atom is 0.389 e. The largest absolute Gasteiger partial charge is 0.481 e. The Morgan fingerprint density at radius 2 is 1.77 bits per heavy atom. The molecule has 0 aliphatic rings. The van der Waals surface area contributed by atoms with Gasteiger partial charge < -0.3 is 10.4 Å². The molecule has 0 unspecified atom stereocenters. The SMILES string of the molecule is CC(C)(CNC(=O)c1ccccc1CCC(F)(F)F)C(=O)O. The minimum atomic E-state index is -4.30. The summed E-state index contributed by atoms with van der Waals surface area (Å²) >= 11 is 0. The molecule has 0 bridgehead atoms. The number of carbonyl (C=O) groups is 2. The van der Waals surface area contributed by atoms with E-state index in [1.165, 1.54) is 26.0 Å². The first-order valence-corrected chi connectivity index (χ1v) is 6.69. The topological polar surface area (TPSA) is 66.4 Å². The average molecular weight is 317 g/mol. The van der Waals surface area contributed by atoms with Gasteiger partial charge in [0.1, 0.15) is 0 Å². The number of alkyl halides is 3. The molecule has 0 atom stereocenters. The molecule has 0 heterocycles. The van der Waals surface area contributed by atoms with Crippen LogP contribution in [0.2, 0.25) is 0 Å². The Morgan fingerprint density at radius 3 is 2.32 bits per heavy atom. The third kappa shape index (κ3) is 5.38. The van der Waals surface area contributed by atoms with Crippen LogP contribution in [0.4, 0.5) is 13.2 Å². The second-order valence-electron chi connectivity index (χ2n) is 5.64. The fourth-order valence-corrected chi connectivity index (χ4v) is 1.71. The second-order valence-corrected chi connectivity index (χ2v) is 5.64. The van der Waals surface area contributed by atoms with Crippen LogP contribution in [0.25, 0.3) is 0 Å². The lowest BCUT2D eigenvalue weighted by Gasteiger charge is -2.20. The van der Waals surface area contributed by atoms with Crippen molar-refractivity contribution in [3.63, 3.8) is 0 Å². The van der Waals surface area contributed by atoms with Gasteiger partial charge in [-0.2, -0.15) is 13.2 Å². The van der Waals surface area contributed by atoms with Crippen molar-refractivity contribution in [2.75, 3.05) is 6.54 Å². The molecule has 0 aliphatic heterocycles. The summed E-state index contributed by atoms with van der Waals surface area (Å²) in [6.07, 6.45) is -5.61. The smallest absolute Gasteiger partial charge is 0.389 e. The molecule has 1 rings (SSSR count). The van der Waals surface area contributed by atoms with Crippen LogP contribution in [0.15, 0.2) is 24.3 Å². The highest BCUT2D eigenvalue weighted by Crippen LogP contribution is 2.23. The van der Waals surface area contributed by atoms with E-state index in [1.807, 2.05) is 0 Å². The normalized spacial score (nSPS) is 12.0. The van der Waals surface area contributed by atoms with E-state index in [1.54, 1.807) is 12.1 Å². The highest BCUT2D eigenvalue weighted by Gasteiger charge is 2.29. The molecule has 7 heteroatoms. The molecule has 122 valence electrons. The number of amides is 1. The molecule has 2 N–H and O–H groups in total. The fraction of sp³-hybridized carbons (Fsp3) is 0.467. The van der Waals surface area contributed by atoms with Gasteiger partial charge in [-0.1, -0.05) is 18.2 Å². The lowest BCUT2D eigenvalue weighted by molar-refractivity contribution is -0.146. The lowest BCUT2D eigenvalue weighted by atomic mass is 9.93. The van der Waals surface area contributed by atoms with Crippen LogP contribution in [0.5, 0.6) is 0 Å². The summed E-state index contributed by atoms with van der Waals surface area (Å²) in [5.74, 6) is -1.65. The molecule has 0 saturated carbocycles. The molecule has 0 radical (unpaired) electrons. The molecule has 0 aromatic heterocycles. The average Bonchev–Trinajstić information content (AvgIpc) is 2.42. The van der Waals surface area contributed by atoms with Crippen LogP contribution in [-0.4, -0.2) is 29.7 Å². The van der Waals surface area contributed by atoms with Gasteiger partial charge in [0, 0.05) is 18.5 Å². The Hall–Kier alpha value is -2.05. The van der Waals surface area contributed by atoms with Gasteiger partial charge in [0.05, 0.1) is 5.41 Å². The molecule has 22 heavy (non-hydrogen) atoms. The maximum absolute atomic E-state index is 12.3. The standard InChI is InChI=1S/C15H18F3NO3/c1-14(2,13(21)22)9-19-12(20)11-6-4-3-5-10(11)7-8-15(16,17)18/h3-6H,7-9H2,1-2H3,(H,19,20)(H,21,22). The van der Waals surface area contributed by atoms with Crippen molar-refractivity contribution in [2.24, 2.45) is 5.41 Å². The zero-order valence-electron chi connectivity index (χ0n) is 12.3. The van der Waals surface area contributed by atoms with Crippen LogP contribution in [-0.2, 0) is 11.2 Å². The van der Waals surface area contributed by atoms with Gasteiger partial charge in [0.25, 0.3) is 5.91 Å². The summed E-state index contributed by atoms with van der Waals surface area (Å²) in [5.41, 5.74) is -0.741. The molecular formula is C15H18F3NO3. The minimum Gasteiger partial charge on any atom is -0.481 e. The first-order chi connectivity index (χ1) is 10.0. The number of hydrogen-bond acceptors (Lipinski definition) is 2. The number of aryl methyl sites for hydroxylation is 1. The van der Waals surface area contributed by atoms with Gasteiger partial charge in [-0.15, -0.1) is 0 Å². The van der Waals surface area contributed by atoms with Crippen molar-refractivity contribution in [3.8, 4) is 0 Å². The minimum absolute atomic E-state index is 0.116. The summed E-state index contributed by atoms with van der Waals surface area (Å²) in [4.78, 5) is 23.0. The predicted octanol–water partition coefficient (Wildman–Crippen LogP) is 3.02. The van der Waals surface area contributed by atoms with Crippen LogP contribution in [0.1, 0.15) is 36.2 Å². The molecule has 1 aromatic rings. The number of aliphatic carboxylic acids is 1. The highest BCUT2D eigenvalue weighted by molar-refractivity contribution is 5.96. The predicted molar refractivity (Wildman–Crippen MR) is 74.6 cm³/mol. The number of carboxylic acids is 1.